The molecule has 1 aliphatic carbocycles. The molecule has 5 nitrogen and oxygen atoms in total. The minimum Gasteiger partial charge on any atom is -0.306 e. The number of piperidine rings is 1. The summed E-state index contributed by atoms with van der Waals surface area (Å²) in [4.78, 5) is 21.5. The highest BCUT2D eigenvalue weighted by atomic mass is 79.9. The average Bonchev–Trinajstić information content (AvgIpc) is 2.76. The van der Waals surface area contributed by atoms with Gasteiger partial charge >= 0.3 is 0 Å². The first-order valence-corrected chi connectivity index (χ1v) is 9.88. The second-order valence-corrected chi connectivity index (χ2v) is 9.10. The van der Waals surface area contributed by atoms with Gasteiger partial charge in [0.1, 0.15) is 11.7 Å². The molecule has 1 aromatic rings. The summed E-state index contributed by atoms with van der Waals surface area (Å²) in [6.07, 6.45) is 3.16. The summed E-state index contributed by atoms with van der Waals surface area (Å²) in [6, 6.07) is 4.39. The van der Waals surface area contributed by atoms with Crippen LogP contribution in [-0.4, -0.2) is 46.6 Å². The Balaban J connectivity index is 1.58. The van der Waals surface area contributed by atoms with E-state index in [1.807, 2.05) is 24.8 Å². The quantitative estimate of drug-likeness (QED) is 0.735. The second kappa shape index (κ2) is 6.00. The van der Waals surface area contributed by atoms with Gasteiger partial charge in [0.05, 0.1) is 22.9 Å². The first kappa shape index (κ1) is 17.9. The van der Waals surface area contributed by atoms with Crippen molar-refractivity contribution in [3.63, 3.8) is 0 Å². The van der Waals surface area contributed by atoms with Crippen LogP contribution in [0.1, 0.15) is 45.2 Å². The lowest BCUT2D eigenvalue weighted by atomic mass is 9.70. The molecule has 0 atom stereocenters. The highest BCUT2D eigenvalue weighted by Crippen LogP contribution is 2.49. The maximum Gasteiger partial charge on any atom is 0.239 e. The van der Waals surface area contributed by atoms with Crippen LogP contribution in [0.2, 0.25) is 0 Å². The molecule has 0 N–H and O–H groups in total. The molecular formula is C19H22BrFN4O. The molecule has 3 heterocycles. The molecule has 2 fully saturated rings. The van der Waals surface area contributed by atoms with Gasteiger partial charge in [0.2, 0.25) is 5.91 Å². The molecule has 1 saturated carbocycles. The third kappa shape index (κ3) is 2.49. The van der Waals surface area contributed by atoms with Crippen LogP contribution in [0.3, 0.4) is 0 Å². The standard InChI is InChI=1S/C19H22BrFN4O/c1-18(2)16-15(7-12(20)10-23-16)25(17(18)26)14-8-19(9-14,11-22)24-5-3-13(21)4-6-24/h7,10,13-14H,3-6,8-9H2,1-2H3/t14-,19+. The van der Waals surface area contributed by atoms with E-state index in [4.69, 9.17) is 0 Å². The van der Waals surface area contributed by atoms with Crippen molar-refractivity contribution in [2.24, 2.45) is 0 Å². The summed E-state index contributed by atoms with van der Waals surface area (Å²) in [5, 5.41) is 9.81. The average molecular weight is 421 g/mol. The van der Waals surface area contributed by atoms with Crippen molar-refractivity contribution < 1.29 is 9.18 Å². The summed E-state index contributed by atoms with van der Waals surface area (Å²) in [6.45, 7) is 5.03. The van der Waals surface area contributed by atoms with Gasteiger partial charge in [0, 0.05) is 42.6 Å². The number of amides is 1. The maximum atomic E-state index is 13.5. The number of pyridine rings is 1. The van der Waals surface area contributed by atoms with Crippen molar-refractivity contribution in [3.05, 3.63) is 22.4 Å². The Morgan fingerprint density at radius 3 is 2.62 bits per heavy atom. The van der Waals surface area contributed by atoms with Crippen LogP contribution in [0.5, 0.6) is 0 Å². The van der Waals surface area contributed by atoms with Gasteiger partial charge in [0.25, 0.3) is 0 Å². The van der Waals surface area contributed by atoms with Crippen LogP contribution in [0.15, 0.2) is 16.7 Å². The lowest BCUT2D eigenvalue weighted by Crippen LogP contribution is -2.65. The minimum atomic E-state index is -0.755. The Morgan fingerprint density at radius 2 is 2.00 bits per heavy atom. The zero-order chi connectivity index (χ0) is 18.7. The number of aromatic nitrogens is 1. The van der Waals surface area contributed by atoms with Crippen molar-refractivity contribution >= 4 is 27.5 Å². The van der Waals surface area contributed by atoms with Crippen LogP contribution in [-0.2, 0) is 10.2 Å². The number of nitriles is 1. The smallest absolute Gasteiger partial charge is 0.239 e. The molecule has 1 saturated heterocycles. The molecule has 3 aliphatic rings. The van der Waals surface area contributed by atoms with E-state index in [0.29, 0.717) is 38.8 Å². The number of fused-ring (bicyclic) bond motifs is 1. The van der Waals surface area contributed by atoms with Crippen LogP contribution in [0.25, 0.3) is 0 Å². The van der Waals surface area contributed by atoms with Crippen molar-refractivity contribution in [2.45, 2.75) is 62.7 Å². The lowest BCUT2D eigenvalue weighted by Gasteiger charge is -2.53. The Bertz CT molecular complexity index is 791. The number of hydrogen-bond donors (Lipinski definition) is 0. The summed E-state index contributed by atoms with van der Waals surface area (Å²) >= 11 is 3.45. The van der Waals surface area contributed by atoms with Crippen LogP contribution in [0, 0.1) is 11.3 Å². The van der Waals surface area contributed by atoms with Crippen molar-refractivity contribution in [1.82, 2.24) is 9.88 Å². The molecule has 2 aliphatic heterocycles. The molecule has 7 heteroatoms. The summed E-state index contributed by atoms with van der Waals surface area (Å²) in [5.41, 5.74) is 0.400. The molecule has 0 unspecified atom stereocenters. The number of anilines is 1. The van der Waals surface area contributed by atoms with E-state index >= 15 is 0 Å². The Morgan fingerprint density at radius 1 is 1.35 bits per heavy atom. The molecule has 0 radical (unpaired) electrons. The SMILES string of the molecule is CC1(C)C(=O)N([C@H]2C[C@@](C#N)(N3CCC(F)CC3)C2)c2cc(Br)cnc21. The molecule has 1 amide bonds. The summed E-state index contributed by atoms with van der Waals surface area (Å²) in [7, 11) is 0. The van der Waals surface area contributed by atoms with E-state index in [1.54, 1.807) is 6.20 Å². The Kier molecular flexibility index (Phi) is 4.12. The third-order valence-corrected chi connectivity index (χ3v) is 6.62. The van der Waals surface area contributed by atoms with Crippen molar-refractivity contribution in [3.8, 4) is 6.07 Å². The summed E-state index contributed by atoms with van der Waals surface area (Å²) < 4.78 is 14.3. The van der Waals surface area contributed by atoms with E-state index in [2.05, 4.69) is 31.9 Å². The van der Waals surface area contributed by atoms with E-state index in [1.165, 1.54) is 0 Å². The normalized spacial score (nSPS) is 31.4. The van der Waals surface area contributed by atoms with E-state index in [9.17, 15) is 14.4 Å². The van der Waals surface area contributed by atoms with E-state index in [0.717, 1.165) is 15.9 Å². The maximum absolute atomic E-state index is 13.5. The number of carbonyl (C=O) groups excluding carboxylic acids is 1. The molecule has 4 rings (SSSR count). The number of alkyl halides is 1. The van der Waals surface area contributed by atoms with Gasteiger partial charge in [-0.25, -0.2) is 4.39 Å². The zero-order valence-corrected chi connectivity index (χ0v) is 16.6. The predicted octanol–water partition coefficient (Wildman–Crippen LogP) is 3.33. The topological polar surface area (TPSA) is 60.2 Å². The van der Waals surface area contributed by atoms with Gasteiger partial charge in [-0.15, -0.1) is 0 Å². The van der Waals surface area contributed by atoms with Crippen molar-refractivity contribution in [2.75, 3.05) is 18.0 Å². The molecule has 0 spiro atoms. The molecule has 138 valence electrons. The van der Waals surface area contributed by atoms with Gasteiger partial charge in [0.15, 0.2) is 0 Å². The number of rotatable bonds is 2. The van der Waals surface area contributed by atoms with Gasteiger partial charge in [-0.3, -0.25) is 14.7 Å². The highest BCUT2D eigenvalue weighted by molar-refractivity contribution is 9.10. The fourth-order valence-electron chi connectivity index (χ4n) is 4.57. The summed E-state index contributed by atoms with van der Waals surface area (Å²) in [5.74, 6) is 0.0390. The first-order chi connectivity index (χ1) is 12.3. The molecule has 0 bridgehead atoms. The fraction of sp³-hybridized carbons (Fsp3) is 0.632. The second-order valence-electron chi connectivity index (χ2n) is 8.19. The Labute approximate surface area is 161 Å². The first-order valence-electron chi connectivity index (χ1n) is 9.08. The number of nitrogens with zero attached hydrogens (tertiary/aromatic N) is 4. The number of likely N-dealkylation sites (tertiary alicyclic amines) is 1. The van der Waals surface area contributed by atoms with Crippen LogP contribution in [0.4, 0.5) is 10.1 Å². The van der Waals surface area contributed by atoms with E-state index < -0.39 is 17.1 Å². The third-order valence-electron chi connectivity index (χ3n) is 6.19. The zero-order valence-electron chi connectivity index (χ0n) is 15.0. The van der Waals surface area contributed by atoms with Gasteiger partial charge in [-0.2, -0.15) is 5.26 Å². The molecule has 1 aromatic heterocycles. The number of halogens is 2. The molecular weight excluding hydrogens is 399 g/mol. The lowest BCUT2D eigenvalue weighted by molar-refractivity contribution is -0.123. The number of hydrogen-bond acceptors (Lipinski definition) is 4. The van der Waals surface area contributed by atoms with Crippen molar-refractivity contribution in [1.29, 1.82) is 5.26 Å². The van der Waals surface area contributed by atoms with Gasteiger partial charge in [-0.05, 0) is 48.7 Å². The molecule has 26 heavy (non-hydrogen) atoms. The highest BCUT2D eigenvalue weighted by Gasteiger charge is 2.57. The minimum absolute atomic E-state index is 0.0122. The largest absolute Gasteiger partial charge is 0.306 e. The van der Waals surface area contributed by atoms with Gasteiger partial charge in [-0.1, -0.05) is 0 Å². The number of carbonyl (C=O) groups is 1. The molecule has 0 aromatic carbocycles. The van der Waals surface area contributed by atoms with Crippen LogP contribution < -0.4 is 4.90 Å². The Hall–Kier alpha value is -1.52. The fourth-order valence-corrected chi connectivity index (χ4v) is 4.89. The van der Waals surface area contributed by atoms with Crippen LogP contribution >= 0.6 is 15.9 Å². The van der Waals surface area contributed by atoms with Gasteiger partial charge < -0.3 is 4.90 Å². The monoisotopic (exact) mass is 420 g/mol. The predicted molar refractivity (Wildman–Crippen MR) is 99.5 cm³/mol. The van der Waals surface area contributed by atoms with E-state index in [-0.39, 0.29) is 11.9 Å².